The SMILES string of the molecule is CCN(C(=O)Oc1ccc(Cl)cc1)C1CCc2cc(SC(C)(C)C(=O)O)c(Cl)cc2C1. The molecule has 5 nitrogen and oxygen atoms in total. The van der Waals surface area contributed by atoms with Gasteiger partial charge in [0, 0.05) is 22.5 Å². The molecule has 1 N–H and O–H groups in total. The number of hydrogen-bond acceptors (Lipinski definition) is 4. The number of aliphatic carboxylic acids is 1. The lowest BCUT2D eigenvalue weighted by Crippen LogP contribution is -2.44. The molecular weight excluding hydrogens is 457 g/mol. The molecule has 166 valence electrons. The molecule has 0 aliphatic heterocycles. The Kier molecular flexibility index (Phi) is 7.45. The Balaban J connectivity index is 1.74. The number of amides is 1. The minimum atomic E-state index is -0.973. The highest BCUT2D eigenvalue weighted by molar-refractivity contribution is 8.01. The van der Waals surface area contributed by atoms with Gasteiger partial charge < -0.3 is 14.7 Å². The van der Waals surface area contributed by atoms with Crippen LogP contribution in [0.5, 0.6) is 5.75 Å². The molecule has 1 aliphatic carbocycles. The second kappa shape index (κ2) is 9.72. The summed E-state index contributed by atoms with van der Waals surface area (Å²) in [5.74, 6) is -0.432. The van der Waals surface area contributed by atoms with Crippen LogP contribution < -0.4 is 4.74 Å². The molecule has 0 spiro atoms. The zero-order chi connectivity index (χ0) is 22.8. The number of carbonyl (C=O) groups excluding carboxylic acids is 1. The van der Waals surface area contributed by atoms with E-state index in [0.717, 1.165) is 28.9 Å². The fraction of sp³-hybridized carbons (Fsp3) is 0.391. The third-order valence-electron chi connectivity index (χ3n) is 5.37. The number of rotatable bonds is 6. The molecule has 1 atom stereocenters. The molecule has 2 aromatic rings. The molecular formula is C23H25Cl2NO4S. The maximum absolute atomic E-state index is 12.8. The first-order valence-corrected chi connectivity index (χ1v) is 11.7. The van der Waals surface area contributed by atoms with E-state index in [9.17, 15) is 14.7 Å². The minimum absolute atomic E-state index is 0.00216. The zero-order valence-corrected chi connectivity index (χ0v) is 20.0. The Morgan fingerprint density at radius 3 is 2.48 bits per heavy atom. The topological polar surface area (TPSA) is 66.8 Å². The smallest absolute Gasteiger partial charge is 0.415 e. The van der Waals surface area contributed by atoms with E-state index in [-0.39, 0.29) is 12.1 Å². The van der Waals surface area contributed by atoms with Gasteiger partial charge in [-0.1, -0.05) is 23.2 Å². The number of likely N-dealkylation sites (N-methyl/N-ethyl adjacent to an activating group) is 1. The average molecular weight is 482 g/mol. The number of ether oxygens (including phenoxy) is 1. The Labute approximate surface area is 196 Å². The minimum Gasteiger partial charge on any atom is -0.480 e. The summed E-state index contributed by atoms with van der Waals surface area (Å²) in [6.45, 7) is 5.79. The standard InChI is InChI=1S/C23H25Cl2NO4S/c1-4-26(22(29)30-18-9-6-16(24)7-10-18)17-8-5-14-13-20(19(25)12-15(14)11-17)31-23(2,3)21(27)28/h6-7,9-10,12-13,17H,4-5,8,11H2,1-3H3,(H,27,28). The van der Waals surface area contributed by atoms with Gasteiger partial charge in [0.25, 0.3) is 0 Å². The molecule has 0 bridgehead atoms. The predicted molar refractivity (Wildman–Crippen MR) is 125 cm³/mol. The van der Waals surface area contributed by atoms with Crippen molar-refractivity contribution in [3.05, 3.63) is 57.6 Å². The number of benzene rings is 2. The van der Waals surface area contributed by atoms with E-state index < -0.39 is 10.7 Å². The molecule has 1 aliphatic rings. The molecule has 0 aromatic heterocycles. The van der Waals surface area contributed by atoms with Crippen LogP contribution in [-0.2, 0) is 17.6 Å². The van der Waals surface area contributed by atoms with Crippen LogP contribution in [-0.4, -0.2) is 39.4 Å². The van der Waals surface area contributed by atoms with Crippen LogP contribution >= 0.6 is 35.0 Å². The molecule has 1 amide bonds. The van der Waals surface area contributed by atoms with E-state index in [2.05, 4.69) is 0 Å². The predicted octanol–water partition coefficient (Wildman–Crippen LogP) is 6.33. The number of hydrogen-bond donors (Lipinski definition) is 1. The van der Waals surface area contributed by atoms with Crippen LogP contribution in [0.1, 0.15) is 38.3 Å². The van der Waals surface area contributed by atoms with E-state index in [4.69, 9.17) is 27.9 Å². The monoisotopic (exact) mass is 481 g/mol. The number of thioether (sulfide) groups is 1. The van der Waals surface area contributed by atoms with Gasteiger partial charge in [0.05, 0.1) is 5.02 Å². The van der Waals surface area contributed by atoms with Gasteiger partial charge in [0.15, 0.2) is 0 Å². The number of carboxylic acids is 1. The van der Waals surface area contributed by atoms with Crippen molar-refractivity contribution in [2.45, 2.75) is 55.7 Å². The lowest BCUT2D eigenvalue weighted by molar-refractivity contribution is -0.138. The molecule has 0 saturated carbocycles. The zero-order valence-electron chi connectivity index (χ0n) is 17.7. The molecule has 0 radical (unpaired) electrons. The van der Waals surface area contributed by atoms with Crippen LogP contribution in [0, 0.1) is 0 Å². The molecule has 8 heteroatoms. The largest absolute Gasteiger partial charge is 0.480 e. The third kappa shape index (κ3) is 5.68. The van der Waals surface area contributed by atoms with Crippen molar-refractivity contribution < 1.29 is 19.4 Å². The maximum atomic E-state index is 12.8. The van der Waals surface area contributed by atoms with Crippen molar-refractivity contribution in [1.82, 2.24) is 4.90 Å². The molecule has 3 rings (SSSR count). The van der Waals surface area contributed by atoms with Crippen LogP contribution in [0.25, 0.3) is 0 Å². The van der Waals surface area contributed by atoms with E-state index in [1.54, 1.807) is 43.0 Å². The number of carboxylic acid groups (broad SMARTS) is 1. The first kappa shape index (κ1) is 23.8. The van der Waals surface area contributed by atoms with E-state index in [1.807, 2.05) is 19.1 Å². The fourth-order valence-electron chi connectivity index (χ4n) is 3.60. The summed E-state index contributed by atoms with van der Waals surface area (Å²) in [4.78, 5) is 26.7. The van der Waals surface area contributed by atoms with Crippen molar-refractivity contribution >= 4 is 47.0 Å². The summed E-state index contributed by atoms with van der Waals surface area (Å²) < 4.78 is 4.55. The number of fused-ring (bicyclic) bond motifs is 1. The lowest BCUT2D eigenvalue weighted by Gasteiger charge is -2.34. The molecule has 0 fully saturated rings. The molecule has 0 saturated heterocycles. The Bertz CT molecular complexity index is 978. The normalized spacial score (nSPS) is 15.8. The molecule has 31 heavy (non-hydrogen) atoms. The second-order valence-corrected chi connectivity index (χ2v) is 10.5. The quantitative estimate of drug-likeness (QED) is 0.488. The first-order valence-electron chi connectivity index (χ1n) is 10.1. The van der Waals surface area contributed by atoms with Crippen molar-refractivity contribution in [2.75, 3.05) is 6.54 Å². The Hall–Kier alpha value is -1.89. The Morgan fingerprint density at radius 2 is 1.87 bits per heavy atom. The highest BCUT2D eigenvalue weighted by Gasteiger charge is 2.32. The maximum Gasteiger partial charge on any atom is 0.415 e. The molecule has 2 aromatic carbocycles. The number of carbonyl (C=O) groups is 2. The summed E-state index contributed by atoms with van der Waals surface area (Å²) in [7, 11) is 0. The summed E-state index contributed by atoms with van der Waals surface area (Å²) in [6, 6.07) is 10.6. The van der Waals surface area contributed by atoms with Gasteiger partial charge in [-0.05, 0) is 87.6 Å². The number of nitrogens with zero attached hydrogens (tertiary/aromatic N) is 1. The fourth-order valence-corrected chi connectivity index (χ4v) is 5.02. The van der Waals surface area contributed by atoms with Crippen LogP contribution in [0.3, 0.4) is 0 Å². The summed E-state index contributed by atoms with van der Waals surface area (Å²) >= 11 is 13.6. The van der Waals surface area contributed by atoms with Gasteiger partial charge >= 0.3 is 12.1 Å². The van der Waals surface area contributed by atoms with Gasteiger partial charge in [0.1, 0.15) is 10.5 Å². The van der Waals surface area contributed by atoms with Gasteiger partial charge in [-0.25, -0.2) is 4.79 Å². The number of halogens is 2. The highest BCUT2D eigenvalue weighted by atomic mass is 35.5. The van der Waals surface area contributed by atoms with Gasteiger partial charge in [0.2, 0.25) is 0 Å². The van der Waals surface area contributed by atoms with Crippen molar-refractivity contribution in [3.8, 4) is 5.75 Å². The molecule has 0 heterocycles. The number of aryl methyl sites for hydroxylation is 1. The summed E-state index contributed by atoms with van der Waals surface area (Å²) in [5.41, 5.74) is 2.22. The van der Waals surface area contributed by atoms with Crippen LogP contribution in [0.15, 0.2) is 41.3 Å². The van der Waals surface area contributed by atoms with Crippen LogP contribution in [0.2, 0.25) is 10.0 Å². The van der Waals surface area contributed by atoms with Gasteiger partial charge in [-0.15, -0.1) is 11.8 Å². The van der Waals surface area contributed by atoms with Crippen molar-refractivity contribution in [1.29, 1.82) is 0 Å². The van der Waals surface area contributed by atoms with Crippen molar-refractivity contribution in [2.24, 2.45) is 0 Å². The third-order valence-corrected chi connectivity index (χ3v) is 7.29. The van der Waals surface area contributed by atoms with E-state index in [0.29, 0.717) is 28.8 Å². The Morgan fingerprint density at radius 1 is 1.19 bits per heavy atom. The van der Waals surface area contributed by atoms with Crippen molar-refractivity contribution in [3.63, 3.8) is 0 Å². The molecule has 1 unspecified atom stereocenters. The summed E-state index contributed by atoms with van der Waals surface area (Å²) in [5, 5.41) is 10.5. The van der Waals surface area contributed by atoms with Gasteiger partial charge in [-0.3, -0.25) is 4.79 Å². The van der Waals surface area contributed by atoms with Gasteiger partial charge in [-0.2, -0.15) is 0 Å². The van der Waals surface area contributed by atoms with Crippen LogP contribution in [0.4, 0.5) is 4.79 Å². The summed E-state index contributed by atoms with van der Waals surface area (Å²) in [6.07, 6.45) is 1.86. The second-order valence-electron chi connectivity index (χ2n) is 7.97. The highest BCUT2D eigenvalue weighted by Crippen LogP contribution is 2.40. The lowest BCUT2D eigenvalue weighted by atomic mass is 9.87. The van der Waals surface area contributed by atoms with E-state index in [1.165, 1.54) is 11.8 Å². The first-order chi connectivity index (χ1) is 14.6. The van der Waals surface area contributed by atoms with E-state index >= 15 is 0 Å². The average Bonchev–Trinajstić information content (AvgIpc) is 2.70.